The summed E-state index contributed by atoms with van der Waals surface area (Å²) in [6, 6.07) is 20.5. The minimum absolute atomic E-state index is 0.0756. The van der Waals surface area contributed by atoms with Gasteiger partial charge in [-0.3, -0.25) is 19.7 Å². The number of carbonyl (C=O) groups is 2. The van der Waals surface area contributed by atoms with Crippen LogP contribution in [-0.2, 0) is 4.79 Å². The average Bonchev–Trinajstić information content (AvgIpc) is 2.90. The van der Waals surface area contributed by atoms with Gasteiger partial charge in [-0.1, -0.05) is 42.5 Å². The second-order valence-electron chi connectivity index (χ2n) is 7.00. The number of non-ortho nitro benzene ring substituents is 1. The fraction of sp³-hybridized carbons (Fsp3) is 0.130. The number of nitro groups is 1. The van der Waals surface area contributed by atoms with E-state index in [1.54, 1.807) is 55.6 Å². The first-order valence-corrected chi connectivity index (χ1v) is 9.48. The number of nitro benzene ring substituents is 1. The Hall–Kier alpha value is -4.00. The van der Waals surface area contributed by atoms with E-state index in [0.717, 1.165) is 0 Å². The van der Waals surface area contributed by atoms with Crippen LogP contribution in [0.15, 0.2) is 72.8 Å². The van der Waals surface area contributed by atoms with Crippen LogP contribution in [0.3, 0.4) is 0 Å². The SMILES string of the molecule is CN1C(=O)CCN(c2ccccc2C(=O)c2ccccc2)c2cc([N+](=O)[O-])ccc21. The van der Waals surface area contributed by atoms with Crippen molar-refractivity contribution in [3.63, 3.8) is 0 Å². The number of rotatable bonds is 4. The second-order valence-corrected chi connectivity index (χ2v) is 7.00. The molecule has 0 unspecified atom stereocenters. The molecule has 0 radical (unpaired) electrons. The first-order chi connectivity index (χ1) is 14.5. The lowest BCUT2D eigenvalue weighted by atomic mass is 10.0. The van der Waals surface area contributed by atoms with Gasteiger partial charge in [0.25, 0.3) is 5.69 Å². The third-order valence-electron chi connectivity index (χ3n) is 5.22. The standard InChI is InChI=1S/C23H19N3O4/c1-24-20-12-11-17(26(29)30)15-21(20)25(14-13-22(24)27)19-10-6-5-9-18(19)23(28)16-7-3-2-4-8-16/h2-12,15H,13-14H2,1H3. The molecule has 0 aromatic heterocycles. The molecule has 3 aromatic rings. The quantitative estimate of drug-likeness (QED) is 0.369. The Kier molecular flexibility index (Phi) is 5.02. The minimum atomic E-state index is -0.466. The van der Waals surface area contributed by atoms with Crippen molar-refractivity contribution < 1.29 is 14.5 Å². The highest BCUT2D eigenvalue weighted by atomic mass is 16.6. The topological polar surface area (TPSA) is 83.8 Å². The van der Waals surface area contributed by atoms with Crippen molar-refractivity contribution >= 4 is 34.4 Å². The van der Waals surface area contributed by atoms with Gasteiger partial charge in [0, 0.05) is 43.3 Å². The van der Waals surface area contributed by atoms with Crippen LogP contribution in [0.1, 0.15) is 22.3 Å². The zero-order chi connectivity index (χ0) is 21.3. The smallest absolute Gasteiger partial charge is 0.271 e. The Balaban J connectivity index is 1.88. The lowest BCUT2D eigenvalue weighted by Gasteiger charge is -2.27. The lowest BCUT2D eigenvalue weighted by molar-refractivity contribution is -0.384. The monoisotopic (exact) mass is 401 g/mol. The van der Waals surface area contributed by atoms with Crippen molar-refractivity contribution in [3.8, 4) is 0 Å². The number of anilines is 3. The summed E-state index contributed by atoms with van der Waals surface area (Å²) in [5, 5.41) is 11.4. The van der Waals surface area contributed by atoms with Gasteiger partial charge in [-0.25, -0.2) is 0 Å². The predicted molar refractivity (Wildman–Crippen MR) is 114 cm³/mol. The molecule has 1 heterocycles. The van der Waals surface area contributed by atoms with E-state index in [2.05, 4.69) is 0 Å². The molecule has 0 saturated heterocycles. The summed E-state index contributed by atoms with van der Waals surface area (Å²) in [4.78, 5) is 39.9. The fourth-order valence-corrected chi connectivity index (χ4v) is 3.65. The molecule has 0 N–H and O–H groups in total. The summed E-state index contributed by atoms with van der Waals surface area (Å²) < 4.78 is 0. The van der Waals surface area contributed by atoms with E-state index in [-0.39, 0.29) is 23.8 Å². The maximum absolute atomic E-state index is 13.2. The van der Waals surface area contributed by atoms with Gasteiger partial charge in [0.1, 0.15) is 0 Å². The van der Waals surface area contributed by atoms with E-state index >= 15 is 0 Å². The molecule has 1 aliphatic rings. The predicted octanol–water partition coefficient (Wildman–Crippen LogP) is 4.33. The van der Waals surface area contributed by atoms with Crippen LogP contribution in [0.5, 0.6) is 0 Å². The van der Waals surface area contributed by atoms with Crippen molar-refractivity contribution in [2.45, 2.75) is 6.42 Å². The van der Waals surface area contributed by atoms with Gasteiger partial charge >= 0.3 is 0 Å². The first-order valence-electron chi connectivity index (χ1n) is 9.48. The molecule has 4 rings (SSSR count). The molecule has 0 saturated carbocycles. The van der Waals surface area contributed by atoms with Crippen LogP contribution in [0.25, 0.3) is 0 Å². The number of benzene rings is 3. The van der Waals surface area contributed by atoms with Gasteiger partial charge in [-0.2, -0.15) is 0 Å². The normalized spacial score (nSPS) is 13.6. The zero-order valence-corrected chi connectivity index (χ0v) is 16.3. The summed E-state index contributed by atoms with van der Waals surface area (Å²) in [6.45, 7) is 0.302. The maximum atomic E-state index is 13.2. The van der Waals surface area contributed by atoms with Crippen LogP contribution in [-0.4, -0.2) is 30.2 Å². The average molecular weight is 401 g/mol. The van der Waals surface area contributed by atoms with Gasteiger partial charge < -0.3 is 9.80 Å². The molecular formula is C23H19N3O4. The number of para-hydroxylation sites is 1. The summed E-state index contributed by atoms with van der Waals surface area (Å²) in [7, 11) is 1.65. The number of hydrogen-bond donors (Lipinski definition) is 0. The van der Waals surface area contributed by atoms with E-state index in [0.29, 0.717) is 34.7 Å². The van der Waals surface area contributed by atoms with Gasteiger partial charge in [0.15, 0.2) is 5.78 Å². The van der Waals surface area contributed by atoms with Gasteiger partial charge in [-0.05, 0) is 18.2 Å². The van der Waals surface area contributed by atoms with Gasteiger partial charge in [0.2, 0.25) is 5.91 Å². The summed E-state index contributed by atoms with van der Waals surface area (Å²) in [5.41, 5.74) is 2.63. The first kappa shape index (κ1) is 19.3. The van der Waals surface area contributed by atoms with Gasteiger partial charge in [-0.15, -0.1) is 0 Å². The van der Waals surface area contributed by atoms with Crippen molar-refractivity contribution in [3.05, 3.63) is 94.0 Å². The number of nitrogens with zero attached hydrogens (tertiary/aromatic N) is 3. The fourth-order valence-electron chi connectivity index (χ4n) is 3.65. The summed E-state index contributed by atoms with van der Waals surface area (Å²) in [5.74, 6) is -0.249. The van der Waals surface area contributed by atoms with Crippen LogP contribution < -0.4 is 9.80 Å². The highest BCUT2D eigenvalue weighted by molar-refractivity contribution is 6.13. The molecule has 7 heteroatoms. The third kappa shape index (κ3) is 3.41. The number of fused-ring (bicyclic) bond motifs is 1. The number of amides is 1. The molecule has 0 spiro atoms. The molecule has 150 valence electrons. The Labute approximate surface area is 173 Å². The van der Waals surface area contributed by atoms with Crippen LogP contribution in [0.4, 0.5) is 22.7 Å². The van der Waals surface area contributed by atoms with Crippen molar-refractivity contribution in [1.82, 2.24) is 0 Å². The van der Waals surface area contributed by atoms with Gasteiger partial charge in [0.05, 0.1) is 22.0 Å². The Bertz CT molecular complexity index is 1140. The van der Waals surface area contributed by atoms with Crippen molar-refractivity contribution in [1.29, 1.82) is 0 Å². The van der Waals surface area contributed by atoms with E-state index in [1.807, 2.05) is 17.0 Å². The highest BCUT2D eigenvalue weighted by Gasteiger charge is 2.28. The van der Waals surface area contributed by atoms with E-state index < -0.39 is 4.92 Å². The second kappa shape index (κ2) is 7.79. The molecule has 0 bridgehead atoms. The highest BCUT2D eigenvalue weighted by Crippen LogP contribution is 2.40. The van der Waals surface area contributed by atoms with Crippen molar-refractivity contribution in [2.75, 3.05) is 23.4 Å². The number of ketones is 1. The molecule has 3 aromatic carbocycles. The van der Waals surface area contributed by atoms with Crippen LogP contribution in [0.2, 0.25) is 0 Å². The molecule has 1 amide bonds. The molecule has 30 heavy (non-hydrogen) atoms. The van der Waals surface area contributed by atoms with E-state index in [1.165, 1.54) is 17.0 Å². The Morgan fingerprint density at radius 1 is 0.933 bits per heavy atom. The lowest BCUT2D eigenvalue weighted by Crippen LogP contribution is -2.25. The third-order valence-corrected chi connectivity index (χ3v) is 5.22. The molecule has 1 aliphatic heterocycles. The summed E-state index contributed by atoms with van der Waals surface area (Å²) in [6.07, 6.45) is 0.215. The summed E-state index contributed by atoms with van der Waals surface area (Å²) >= 11 is 0. The van der Waals surface area contributed by atoms with E-state index in [4.69, 9.17) is 0 Å². The molecule has 7 nitrogen and oxygen atoms in total. The number of hydrogen-bond acceptors (Lipinski definition) is 5. The van der Waals surface area contributed by atoms with E-state index in [9.17, 15) is 19.7 Å². The maximum Gasteiger partial charge on any atom is 0.271 e. The van der Waals surface area contributed by atoms with Crippen LogP contribution >= 0.6 is 0 Å². The number of carbonyl (C=O) groups excluding carboxylic acids is 2. The largest absolute Gasteiger partial charge is 0.338 e. The minimum Gasteiger partial charge on any atom is -0.338 e. The molecule has 0 atom stereocenters. The Morgan fingerprint density at radius 2 is 1.63 bits per heavy atom. The molecular weight excluding hydrogens is 382 g/mol. The Morgan fingerprint density at radius 3 is 2.37 bits per heavy atom. The molecule has 0 fully saturated rings. The molecule has 0 aliphatic carbocycles. The van der Waals surface area contributed by atoms with Crippen LogP contribution in [0, 0.1) is 10.1 Å². The van der Waals surface area contributed by atoms with Crippen molar-refractivity contribution in [2.24, 2.45) is 0 Å². The zero-order valence-electron chi connectivity index (χ0n) is 16.3.